The maximum absolute atomic E-state index is 13.8. The van der Waals surface area contributed by atoms with Gasteiger partial charge in [-0.2, -0.15) is 9.65 Å². The summed E-state index contributed by atoms with van der Waals surface area (Å²) in [5, 5.41) is 10.5. The summed E-state index contributed by atoms with van der Waals surface area (Å²) in [6, 6.07) is 14.3. The monoisotopic (exact) mass is 469 g/mol. The van der Waals surface area contributed by atoms with Gasteiger partial charge in [-0.15, -0.1) is 0 Å². The van der Waals surface area contributed by atoms with Crippen molar-refractivity contribution in [3.8, 4) is 28.7 Å². The number of hydrogen-bond acceptors (Lipinski definition) is 7. The van der Waals surface area contributed by atoms with E-state index >= 15 is 0 Å². The summed E-state index contributed by atoms with van der Waals surface area (Å²) in [5.74, 6) is -0.716. The van der Waals surface area contributed by atoms with Crippen molar-refractivity contribution in [2.45, 2.75) is 19.8 Å². The van der Waals surface area contributed by atoms with Crippen LogP contribution in [-0.2, 0) is 0 Å². The van der Waals surface area contributed by atoms with E-state index in [0.717, 1.165) is 5.56 Å². The Balaban J connectivity index is 1.79. The van der Waals surface area contributed by atoms with Crippen LogP contribution in [-0.4, -0.2) is 12.1 Å². The fourth-order valence-electron chi connectivity index (χ4n) is 4.40. The number of aryl methyl sites for hydroxylation is 2. The zero-order valence-electron chi connectivity index (χ0n) is 19.2. The fourth-order valence-corrected chi connectivity index (χ4v) is 4.40. The third kappa shape index (κ3) is 3.58. The smallest absolute Gasteiger partial charge is 0.344 e. The Labute approximate surface area is 199 Å². The van der Waals surface area contributed by atoms with E-state index in [1.165, 1.54) is 13.3 Å². The maximum atomic E-state index is 13.8. The lowest BCUT2D eigenvalue weighted by Crippen LogP contribution is -2.26. The standard InChI is InChI=1S/C27H20FN3O4/c1-13-4-6-21-18(8-13)24-23(27(32)34-21)22(19(11-29)26(30)35-24)15-5-7-20(33-3)17(10-15)16-9-14(2)25(28)31-12-16/h4-10,12,22H,30H2,1-3H3. The van der Waals surface area contributed by atoms with Gasteiger partial charge in [0, 0.05) is 22.9 Å². The molecule has 5 rings (SSSR count). The summed E-state index contributed by atoms with van der Waals surface area (Å²) in [4.78, 5) is 17.0. The van der Waals surface area contributed by atoms with E-state index in [0.29, 0.717) is 39.0 Å². The van der Waals surface area contributed by atoms with Crippen molar-refractivity contribution in [1.29, 1.82) is 5.26 Å². The van der Waals surface area contributed by atoms with Crippen molar-refractivity contribution in [2.75, 3.05) is 7.11 Å². The van der Waals surface area contributed by atoms with Gasteiger partial charge in [-0.05, 0) is 49.7 Å². The second kappa shape index (κ2) is 8.29. The largest absolute Gasteiger partial charge is 0.496 e. The maximum Gasteiger partial charge on any atom is 0.344 e. The molecule has 2 aromatic carbocycles. The van der Waals surface area contributed by atoms with Gasteiger partial charge in [0.25, 0.3) is 0 Å². The van der Waals surface area contributed by atoms with E-state index in [2.05, 4.69) is 11.1 Å². The van der Waals surface area contributed by atoms with Crippen molar-refractivity contribution in [2.24, 2.45) is 5.73 Å². The van der Waals surface area contributed by atoms with E-state index in [9.17, 15) is 14.4 Å². The van der Waals surface area contributed by atoms with Gasteiger partial charge in [0.2, 0.25) is 11.8 Å². The summed E-state index contributed by atoms with van der Waals surface area (Å²) in [6.45, 7) is 3.53. The second-order valence-corrected chi connectivity index (χ2v) is 8.35. The minimum Gasteiger partial charge on any atom is -0.496 e. The molecule has 0 spiro atoms. The fraction of sp³-hybridized carbons (Fsp3) is 0.148. The molecule has 8 heteroatoms. The first-order valence-corrected chi connectivity index (χ1v) is 10.8. The van der Waals surface area contributed by atoms with Crippen LogP contribution in [0.3, 0.4) is 0 Å². The number of benzene rings is 2. The molecule has 0 aliphatic carbocycles. The molecular formula is C27H20FN3O4. The molecule has 1 unspecified atom stereocenters. The molecule has 1 aliphatic rings. The van der Waals surface area contributed by atoms with E-state index in [1.54, 1.807) is 37.3 Å². The Morgan fingerprint density at radius 1 is 1.17 bits per heavy atom. The Bertz CT molecular complexity index is 1650. The van der Waals surface area contributed by atoms with Crippen LogP contribution in [0, 0.1) is 31.1 Å². The first-order valence-electron chi connectivity index (χ1n) is 10.8. The van der Waals surface area contributed by atoms with Crippen LogP contribution in [0.5, 0.6) is 11.5 Å². The SMILES string of the molecule is COc1ccc(C2C(C#N)=C(N)Oc3c2c(=O)oc2ccc(C)cc32)cc1-c1cnc(F)c(C)c1. The van der Waals surface area contributed by atoms with Gasteiger partial charge in [0.15, 0.2) is 5.75 Å². The summed E-state index contributed by atoms with van der Waals surface area (Å²) >= 11 is 0. The molecule has 0 saturated heterocycles. The number of ether oxygens (including phenoxy) is 2. The molecule has 0 bridgehead atoms. The van der Waals surface area contributed by atoms with Gasteiger partial charge < -0.3 is 19.6 Å². The molecule has 35 heavy (non-hydrogen) atoms. The summed E-state index contributed by atoms with van der Waals surface area (Å²) in [5.41, 5.74) is 9.30. The minimum absolute atomic E-state index is 0.0846. The second-order valence-electron chi connectivity index (χ2n) is 8.35. The number of nitrogens with two attached hydrogens (primary N) is 1. The Morgan fingerprint density at radius 2 is 1.97 bits per heavy atom. The lowest BCUT2D eigenvalue weighted by atomic mass is 9.82. The molecule has 1 aliphatic heterocycles. The molecule has 0 amide bonds. The van der Waals surface area contributed by atoms with Crippen LogP contribution in [0.15, 0.2) is 69.3 Å². The number of fused-ring (bicyclic) bond motifs is 3. The number of rotatable bonds is 3. The van der Waals surface area contributed by atoms with E-state index < -0.39 is 17.5 Å². The van der Waals surface area contributed by atoms with Crippen molar-refractivity contribution >= 4 is 11.0 Å². The summed E-state index contributed by atoms with van der Waals surface area (Å²) in [7, 11) is 1.52. The molecule has 3 heterocycles. The number of aromatic nitrogens is 1. The quantitative estimate of drug-likeness (QED) is 0.338. The lowest BCUT2D eigenvalue weighted by molar-refractivity contribution is 0.388. The average molecular weight is 469 g/mol. The zero-order chi connectivity index (χ0) is 24.9. The number of hydrogen-bond donors (Lipinski definition) is 1. The van der Waals surface area contributed by atoms with Crippen molar-refractivity contribution in [3.63, 3.8) is 0 Å². The highest BCUT2D eigenvalue weighted by Crippen LogP contribution is 2.45. The molecule has 0 saturated carbocycles. The van der Waals surface area contributed by atoms with Gasteiger partial charge in [0.05, 0.1) is 24.0 Å². The minimum atomic E-state index is -0.843. The van der Waals surface area contributed by atoms with Gasteiger partial charge in [-0.1, -0.05) is 17.7 Å². The Hall–Kier alpha value is -4.64. The molecule has 4 aromatic rings. The number of allylic oxidation sites excluding steroid dienone is 1. The van der Waals surface area contributed by atoms with Gasteiger partial charge >= 0.3 is 5.63 Å². The predicted molar refractivity (Wildman–Crippen MR) is 127 cm³/mol. The highest BCUT2D eigenvalue weighted by Gasteiger charge is 2.36. The van der Waals surface area contributed by atoms with Crippen molar-refractivity contribution in [3.05, 3.63) is 98.7 Å². The number of halogens is 1. The highest BCUT2D eigenvalue weighted by molar-refractivity contribution is 5.87. The number of pyridine rings is 1. The number of methoxy groups -OCH3 is 1. The van der Waals surface area contributed by atoms with E-state index in [-0.39, 0.29) is 22.8 Å². The molecule has 2 N–H and O–H groups in total. The van der Waals surface area contributed by atoms with Crippen LogP contribution >= 0.6 is 0 Å². The van der Waals surface area contributed by atoms with E-state index in [4.69, 9.17) is 19.6 Å². The molecule has 0 radical (unpaired) electrons. The summed E-state index contributed by atoms with van der Waals surface area (Å²) in [6.07, 6.45) is 1.40. The van der Waals surface area contributed by atoms with Crippen LogP contribution in [0.4, 0.5) is 4.39 Å². The van der Waals surface area contributed by atoms with Crippen LogP contribution in [0.25, 0.3) is 22.1 Å². The third-order valence-electron chi connectivity index (χ3n) is 6.10. The molecule has 174 valence electrons. The van der Waals surface area contributed by atoms with Crippen molar-refractivity contribution in [1.82, 2.24) is 4.98 Å². The highest BCUT2D eigenvalue weighted by atomic mass is 19.1. The average Bonchev–Trinajstić information content (AvgIpc) is 2.85. The number of nitrogens with zero attached hydrogens (tertiary/aromatic N) is 2. The predicted octanol–water partition coefficient (Wildman–Crippen LogP) is 4.84. The number of nitriles is 1. The third-order valence-corrected chi connectivity index (χ3v) is 6.10. The molecule has 0 fully saturated rings. The molecular weight excluding hydrogens is 449 g/mol. The van der Waals surface area contributed by atoms with Crippen LogP contribution in [0.1, 0.15) is 28.2 Å². The van der Waals surface area contributed by atoms with Crippen LogP contribution in [0.2, 0.25) is 0 Å². The zero-order valence-corrected chi connectivity index (χ0v) is 19.2. The Morgan fingerprint density at radius 3 is 2.69 bits per heavy atom. The molecule has 2 aromatic heterocycles. The lowest BCUT2D eigenvalue weighted by Gasteiger charge is -2.26. The van der Waals surface area contributed by atoms with Gasteiger partial charge in [-0.25, -0.2) is 9.78 Å². The molecule has 1 atom stereocenters. The molecule has 7 nitrogen and oxygen atoms in total. The van der Waals surface area contributed by atoms with Gasteiger partial charge in [0.1, 0.15) is 23.0 Å². The van der Waals surface area contributed by atoms with Gasteiger partial charge in [-0.3, -0.25) is 0 Å². The normalized spacial score (nSPS) is 14.9. The summed E-state index contributed by atoms with van der Waals surface area (Å²) < 4.78 is 30.8. The van der Waals surface area contributed by atoms with Crippen LogP contribution < -0.4 is 20.8 Å². The Kier molecular flexibility index (Phi) is 5.25. The topological polar surface area (TPSA) is 111 Å². The van der Waals surface area contributed by atoms with Crippen molar-refractivity contribution < 1.29 is 18.3 Å². The first-order chi connectivity index (χ1) is 16.8. The van der Waals surface area contributed by atoms with E-state index in [1.807, 2.05) is 19.1 Å². The first kappa shape index (κ1) is 22.2.